The molecule has 0 heterocycles. The molecular formula is C25H35Cl2NO5. The largest absolute Gasteiger partial charge is 0.492 e. The van der Waals surface area contributed by atoms with Crippen LogP contribution in [0.3, 0.4) is 0 Å². The maximum atomic E-state index is 11.0. The number of primary amides is 1. The number of benzene rings is 2. The molecule has 184 valence electrons. The van der Waals surface area contributed by atoms with Crippen LogP contribution in [0.25, 0.3) is 0 Å². The first-order chi connectivity index (χ1) is 15.3. The van der Waals surface area contributed by atoms with Crippen LogP contribution in [0, 0.1) is 6.92 Å². The van der Waals surface area contributed by atoms with E-state index in [1.54, 1.807) is 45.9 Å². The molecule has 1 unspecified atom stereocenters. The highest BCUT2D eigenvalue weighted by molar-refractivity contribution is 6.35. The summed E-state index contributed by atoms with van der Waals surface area (Å²) in [5.41, 5.74) is 5.59. The van der Waals surface area contributed by atoms with E-state index in [4.69, 9.17) is 38.4 Å². The summed E-state index contributed by atoms with van der Waals surface area (Å²) in [5.74, 6) is 0.377. The molecule has 0 aliphatic heterocycles. The third kappa shape index (κ3) is 17.8. The molecule has 0 saturated carbocycles. The molecule has 0 aliphatic rings. The third-order valence-electron chi connectivity index (χ3n) is 3.64. The smallest absolute Gasteiger partial charge is 0.405 e. The van der Waals surface area contributed by atoms with Gasteiger partial charge in [0.05, 0.1) is 11.6 Å². The van der Waals surface area contributed by atoms with Gasteiger partial charge in [0.1, 0.15) is 17.5 Å². The molecule has 2 N–H and O–H groups in total. The molecule has 0 aromatic heterocycles. The zero-order valence-electron chi connectivity index (χ0n) is 20.2. The number of hydrogen-bond acceptors (Lipinski definition) is 5. The summed E-state index contributed by atoms with van der Waals surface area (Å²) in [6.07, 6.45) is 0.111. The van der Waals surface area contributed by atoms with E-state index < -0.39 is 11.7 Å². The van der Waals surface area contributed by atoms with Crippen molar-refractivity contribution < 1.29 is 23.8 Å². The van der Waals surface area contributed by atoms with Gasteiger partial charge in [0.2, 0.25) is 0 Å². The van der Waals surface area contributed by atoms with Crippen molar-refractivity contribution >= 4 is 35.3 Å². The van der Waals surface area contributed by atoms with Gasteiger partial charge in [0.25, 0.3) is 0 Å². The van der Waals surface area contributed by atoms with E-state index in [0.29, 0.717) is 35.2 Å². The second-order valence-electron chi connectivity index (χ2n) is 8.05. The average molecular weight is 500 g/mol. The fraction of sp³-hybridized carbons (Fsp3) is 0.440. The van der Waals surface area contributed by atoms with Gasteiger partial charge in [0, 0.05) is 17.9 Å². The Morgan fingerprint density at radius 1 is 1.06 bits per heavy atom. The lowest BCUT2D eigenvalue weighted by Gasteiger charge is -2.16. The molecule has 0 radical (unpaired) electrons. The molecule has 0 bridgehead atoms. The highest BCUT2D eigenvalue weighted by Gasteiger charge is 2.12. The summed E-state index contributed by atoms with van der Waals surface area (Å²) in [6.45, 7) is 11.4. The highest BCUT2D eigenvalue weighted by atomic mass is 35.5. The molecule has 2 aromatic carbocycles. The molecule has 1 amide bonds. The van der Waals surface area contributed by atoms with Gasteiger partial charge in [-0.3, -0.25) is 4.79 Å². The minimum atomic E-state index is -0.725. The van der Waals surface area contributed by atoms with Crippen LogP contribution in [0.4, 0.5) is 4.79 Å². The van der Waals surface area contributed by atoms with Gasteiger partial charge < -0.3 is 19.9 Å². The van der Waals surface area contributed by atoms with Gasteiger partial charge in [-0.05, 0) is 52.8 Å². The molecule has 8 heteroatoms. The normalized spacial score (nSPS) is 11.0. The lowest BCUT2D eigenvalue weighted by molar-refractivity contribution is -0.148. The Morgan fingerprint density at radius 2 is 1.67 bits per heavy atom. The zero-order chi connectivity index (χ0) is 25.4. The van der Waals surface area contributed by atoms with E-state index in [0.717, 1.165) is 0 Å². The molecule has 2 aromatic rings. The van der Waals surface area contributed by atoms with Crippen molar-refractivity contribution in [2.24, 2.45) is 5.73 Å². The molecule has 0 fully saturated rings. The number of hydrogen-bond donors (Lipinski definition) is 1. The molecule has 6 nitrogen and oxygen atoms in total. The summed E-state index contributed by atoms with van der Waals surface area (Å²) in [4.78, 5) is 21.1. The van der Waals surface area contributed by atoms with Gasteiger partial charge in [-0.15, -0.1) is 0 Å². The molecule has 2 rings (SSSR count). The van der Waals surface area contributed by atoms with Crippen LogP contribution in [0.2, 0.25) is 10.0 Å². The Balaban J connectivity index is 0.000000560. The van der Waals surface area contributed by atoms with Crippen LogP contribution in [-0.2, 0) is 14.3 Å². The Labute approximate surface area is 207 Å². The van der Waals surface area contributed by atoms with Gasteiger partial charge >= 0.3 is 12.1 Å². The predicted octanol–water partition coefficient (Wildman–Crippen LogP) is 6.98. The van der Waals surface area contributed by atoms with E-state index in [-0.39, 0.29) is 12.1 Å². The molecule has 0 aliphatic carbocycles. The van der Waals surface area contributed by atoms with Crippen LogP contribution in [0.1, 0.15) is 53.0 Å². The summed E-state index contributed by atoms with van der Waals surface area (Å²) in [7, 11) is 0. The first-order valence-electron chi connectivity index (χ1n) is 10.6. The minimum absolute atomic E-state index is 0.163. The number of aryl methyl sites for hydroxylation is 1. The minimum Gasteiger partial charge on any atom is -0.492 e. The summed E-state index contributed by atoms with van der Waals surface area (Å²) in [5, 5.41) is 1.04. The van der Waals surface area contributed by atoms with Gasteiger partial charge in [-0.2, -0.15) is 0 Å². The fourth-order valence-electron chi connectivity index (χ4n) is 2.13. The Hall–Kier alpha value is -2.44. The van der Waals surface area contributed by atoms with E-state index in [9.17, 15) is 9.59 Å². The molecular weight excluding hydrogens is 465 g/mol. The number of rotatable bonds is 6. The van der Waals surface area contributed by atoms with Crippen molar-refractivity contribution in [1.82, 2.24) is 0 Å². The second-order valence-corrected chi connectivity index (χ2v) is 8.90. The Bertz CT molecular complexity index is 838. The van der Waals surface area contributed by atoms with Crippen molar-refractivity contribution in [3.8, 4) is 5.75 Å². The standard InChI is InChI=1S/C13H16Cl2O3.C7H8.C5H11NO2/c1-3-13(16)18-9(2)6-7-17-12-5-4-10(14)8-11(12)15;1-7-5-3-2-4-6-7;1-5(2,3)8-4(6)7/h4-5,8-9H,3,6-7H2,1-2H3;2-6H,1H3;1-3H3,(H2,6,7). The van der Waals surface area contributed by atoms with Crippen LogP contribution < -0.4 is 10.5 Å². The number of ether oxygens (including phenoxy) is 3. The zero-order valence-corrected chi connectivity index (χ0v) is 21.7. The van der Waals surface area contributed by atoms with Gasteiger partial charge in [-0.1, -0.05) is 66.0 Å². The molecule has 33 heavy (non-hydrogen) atoms. The van der Waals surface area contributed by atoms with Crippen molar-refractivity contribution in [1.29, 1.82) is 0 Å². The molecule has 0 saturated heterocycles. The van der Waals surface area contributed by atoms with Gasteiger partial charge in [-0.25, -0.2) is 4.79 Å². The van der Waals surface area contributed by atoms with E-state index in [1.165, 1.54) is 5.56 Å². The van der Waals surface area contributed by atoms with E-state index in [2.05, 4.69) is 23.8 Å². The summed E-state index contributed by atoms with van der Waals surface area (Å²) >= 11 is 11.7. The number of halogens is 2. The first kappa shape index (κ1) is 30.6. The number of carbonyl (C=O) groups is 2. The highest BCUT2D eigenvalue weighted by Crippen LogP contribution is 2.27. The Morgan fingerprint density at radius 3 is 2.06 bits per heavy atom. The molecule has 0 spiro atoms. The Kier molecular flexibility index (Phi) is 15.0. The fourth-order valence-corrected chi connectivity index (χ4v) is 2.59. The van der Waals surface area contributed by atoms with Gasteiger partial charge in [0.15, 0.2) is 0 Å². The monoisotopic (exact) mass is 499 g/mol. The van der Waals surface area contributed by atoms with Crippen LogP contribution in [0.15, 0.2) is 48.5 Å². The second kappa shape index (κ2) is 16.2. The predicted molar refractivity (Wildman–Crippen MR) is 134 cm³/mol. The maximum absolute atomic E-state index is 11.0. The number of carbonyl (C=O) groups excluding carboxylic acids is 2. The van der Waals surface area contributed by atoms with Crippen molar-refractivity contribution in [3.63, 3.8) is 0 Å². The van der Waals surface area contributed by atoms with Crippen LogP contribution in [0.5, 0.6) is 5.75 Å². The van der Waals surface area contributed by atoms with Crippen molar-refractivity contribution in [2.75, 3.05) is 6.61 Å². The van der Waals surface area contributed by atoms with E-state index in [1.807, 2.05) is 25.1 Å². The topological polar surface area (TPSA) is 87.9 Å². The lowest BCUT2D eigenvalue weighted by atomic mass is 10.2. The van der Waals surface area contributed by atoms with Crippen LogP contribution in [-0.4, -0.2) is 30.4 Å². The first-order valence-corrected chi connectivity index (χ1v) is 11.4. The summed E-state index contributed by atoms with van der Waals surface area (Å²) < 4.78 is 15.2. The number of nitrogens with two attached hydrogens (primary N) is 1. The quantitative estimate of drug-likeness (QED) is 0.433. The number of amides is 1. The maximum Gasteiger partial charge on any atom is 0.405 e. The number of esters is 1. The van der Waals surface area contributed by atoms with Crippen molar-refractivity contribution in [3.05, 3.63) is 64.1 Å². The average Bonchev–Trinajstić information content (AvgIpc) is 2.69. The molecule has 1 atom stereocenters. The van der Waals surface area contributed by atoms with E-state index >= 15 is 0 Å². The summed E-state index contributed by atoms with van der Waals surface area (Å²) in [6, 6.07) is 15.3. The SMILES string of the molecule is CC(C)(C)OC(N)=O.CCC(=O)OC(C)CCOc1ccc(Cl)cc1Cl.Cc1ccccc1. The van der Waals surface area contributed by atoms with Crippen molar-refractivity contribution in [2.45, 2.75) is 66.1 Å². The lowest BCUT2D eigenvalue weighted by Crippen LogP contribution is -2.27. The van der Waals surface area contributed by atoms with Crippen LogP contribution >= 0.6 is 23.2 Å². The third-order valence-corrected chi connectivity index (χ3v) is 4.17.